The van der Waals surface area contributed by atoms with Crippen molar-refractivity contribution in [3.63, 3.8) is 0 Å². The van der Waals surface area contributed by atoms with Gasteiger partial charge < -0.3 is 10.4 Å². The number of nitrogens with zero attached hydrogens (tertiary/aromatic N) is 1. The van der Waals surface area contributed by atoms with Crippen LogP contribution in [0.5, 0.6) is 5.75 Å². The zero-order valence-electron chi connectivity index (χ0n) is 9.49. The Bertz CT molecular complexity index is 391. The van der Waals surface area contributed by atoms with Crippen LogP contribution in [0.15, 0.2) is 18.5 Å². The lowest BCUT2D eigenvalue weighted by Crippen LogP contribution is -2.48. The number of carbonyl (C=O) groups excluding carboxylic acids is 1. The summed E-state index contributed by atoms with van der Waals surface area (Å²) in [5, 5.41) is 12.3. The highest BCUT2D eigenvalue weighted by atomic mass is 79.9. The number of hydrogen-bond acceptors (Lipinski definition) is 3. The van der Waals surface area contributed by atoms with Crippen molar-refractivity contribution in [1.82, 2.24) is 10.3 Å². The van der Waals surface area contributed by atoms with E-state index < -0.39 is 5.54 Å². The van der Waals surface area contributed by atoms with E-state index in [0.717, 1.165) is 0 Å². The second kappa shape index (κ2) is 4.82. The normalized spacial score (nSPS) is 13.2. The number of halogens is 1. The lowest BCUT2D eigenvalue weighted by molar-refractivity contribution is 0.0911. The summed E-state index contributed by atoms with van der Waals surface area (Å²) in [5.74, 6) is -0.422. The van der Waals surface area contributed by atoms with Crippen molar-refractivity contribution in [3.8, 4) is 5.75 Å². The molecule has 2 N–H and O–H groups in total. The molecule has 0 bridgehead atoms. The van der Waals surface area contributed by atoms with Crippen molar-refractivity contribution in [1.29, 1.82) is 0 Å². The van der Waals surface area contributed by atoms with Gasteiger partial charge in [0.25, 0.3) is 5.91 Å². The van der Waals surface area contributed by atoms with E-state index in [1.54, 1.807) is 0 Å². The van der Waals surface area contributed by atoms with Gasteiger partial charge in [-0.05, 0) is 19.9 Å². The second-order valence-corrected chi connectivity index (χ2v) is 5.56. The summed E-state index contributed by atoms with van der Waals surface area (Å²) in [5.41, 5.74) is -0.163. The predicted molar refractivity (Wildman–Crippen MR) is 65.8 cm³/mol. The molecule has 1 heterocycles. The molecule has 1 aromatic rings. The molecule has 0 fully saturated rings. The molecule has 0 radical (unpaired) electrons. The maximum atomic E-state index is 11.9. The third-order valence-electron chi connectivity index (χ3n) is 2.47. The van der Waals surface area contributed by atoms with Crippen LogP contribution in [0.3, 0.4) is 0 Å². The van der Waals surface area contributed by atoms with Crippen molar-refractivity contribution >= 4 is 21.8 Å². The van der Waals surface area contributed by atoms with Gasteiger partial charge in [-0.1, -0.05) is 22.9 Å². The molecule has 0 spiro atoms. The SMILES string of the molecule is CC(Br)C(C)(C)NC(=O)c1ccncc1O. The highest BCUT2D eigenvalue weighted by molar-refractivity contribution is 9.09. The molecule has 0 aliphatic heterocycles. The van der Waals surface area contributed by atoms with E-state index in [1.807, 2.05) is 20.8 Å². The number of carbonyl (C=O) groups is 1. The average Bonchev–Trinajstić information content (AvgIpc) is 2.17. The third kappa shape index (κ3) is 2.95. The van der Waals surface area contributed by atoms with E-state index in [9.17, 15) is 9.90 Å². The van der Waals surface area contributed by atoms with E-state index in [1.165, 1.54) is 18.5 Å². The summed E-state index contributed by atoms with van der Waals surface area (Å²) >= 11 is 3.43. The van der Waals surface area contributed by atoms with Crippen LogP contribution >= 0.6 is 15.9 Å². The maximum absolute atomic E-state index is 11.9. The molecule has 1 unspecified atom stereocenters. The number of hydrogen-bond donors (Lipinski definition) is 2. The van der Waals surface area contributed by atoms with Crippen molar-refractivity contribution in [2.75, 3.05) is 0 Å². The van der Waals surface area contributed by atoms with E-state index >= 15 is 0 Å². The summed E-state index contributed by atoms with van der Waals surface area (Å²) in [6.45, 7) is 5.76. The van der Waals surface area contributed by atoms with Gasteiger partial charge in [-0.2, -0.15) is 0 Å². The topological polar surface area (TPSA) is 62.2 Å². The van der Waals surface area contributed by atoms with E-state index in [4.69, 9.17) is 0 Å². The quantitative estimate of drug-likeness (QED) is 0.837. The zero-order chi connectivity index (χ0) is 12.3. The molecule has 88 valence electrons. The summed E-state index contributed by atoms with van der Waals surface area (Å²) in [6.07, 6.45) is 2.72. The molecule has 16 heavy (non-hydrogen) atoms. The van der Waals surface area contributed by atoms with Gasteiger partial charge >= 0.3 is 0 Å². The number of alkyl halides is 1. The third-order valence-corrected chi connectivity index (χ3v) is 3.62. The Kier molecular flexibility index (Phi) is 3.91. The molecule has 0 saturated heterocycles. The molecule has 1 aromatic heterocycles. The van der Waals surface area contributed by atoms with Crippen LogP contribution < -0.4 is 5.32 Å². The van der Waals surface area contributed by atoms with Gasteiger partial charge in [-0.25, -0.2) is 0 Å². The Labute approximate surface area is 103 Å². The Hall–Kier alpha value is -1.10. The van der Waals surface area contributed by atoms with Gasteiger partial charge in [0, 0.05) is 16.6 Å². The first-order valence-electron chi connectivity index (χ1n) is 4.94. The number of rotatable bonds is 3. The molecular formula is C11H15BrN2O2. The van der Waals surface area contributed by atoms with E-state index in [2.05, 4.69) is 26.2 Å². The monoisotopic (exact) mass is 286 g/mol. The number of nitrogens with one attached hydrogen (secondary N) is 1. The average molecular weight is 287 g/mol. The van der Waals surface area contributed by atoms with Gasteiger partial charge in [0.2, 0.25) is 0 Å². The molecule has 1 amide bonds. The molecule has 5 heteroatoms. The van der Waals surface area contributed by atoms with Crippen molar-refractivity contribution < 1.29 is 9.90 Å². The molecule has 1 atom stereocenters. The lowest BCUT2D eigenvalue weighted by Gasteiger charge is -2.29. The Balaban J connectivity index is 2.85. The largest absolute Gasteiger partial charge is 0.505 e. The standard InChI is InChI=1S/C11H15BrN2O2/c1-7(12)11(2,3)14-10(16)8-4-5-13-6-9(8)15/h4-7,15H,1-3H3,(H,14,16). The van der Waals surface area contributed by atoms with Gasteiger partial charge in [-0.3, -0.25) is 9.78 Å². The van der Waals surface area contributed by atoms with Crippen molar-refractivity contribution in [2.45, 2.75) is 31.1 Å². The van der Waals surface area contributed by atoms with Crippen LogP contribution in [0.25, 0.3) is 0 Å². The van der Waals surface area contributed by atoms with Crippen LogP contribution in [-0.4, -0.2) is 26.4 Å². The first kappa shape index (κ1) is 13.0. The molecule has 0 aliphatic carbocycles. The molecular weight excluding hydrogens is 272 g/mol. The zero-order valence-corrected chi connectivity index (χ0v) is 11.1. The minimum atomic E-state index is -0.396. The number of amides is 1. The van der Waals surface area contributed by atoms with Crippen LogP contribution in [0.2, 0.25) is 0 Å². The van der Waals surface area contributed by atoms with Gasteiger partial charge in [-0.15, -0.1) is 0 Å². The second-order valence-electron chi connectivity index (χ2n) is 4.18. The number of pyridine rings is 1. The van der Waals surface area contributed by atoms with Gasteiger partial charge in [0.05, 0.1) is 11.8 Å². The first-order valence-corrected chi connectivity index (χ1v) is 5.85. The Morgan fingerprint density at radius 1 is 1.62 bits per heavy atom. The van der Waals surface area contributed by atoms with Crippen LogP contribution in [0.4, 0.5) is 0 Å². The van der Waals surface area contributed by atoms with Crippen molar-refractivity contribution in [3.05, 3.63) is 24.0 Å². The highest BCUT2D eigenvalue weighted by Crippen LogP contribution is 2.19. The van der Waals surface area contributed by atoms with Crippen LogP contribution in [-0.2, 0) is 0 Å². The summed E-state index contributed by atoms with van der Waals surface area (Å²) in [6, 6.07) is 1.49. The van der Waals surface area contributed by atoms with Crippen LogP contribution in [0, 0.1) is 0 Å². The van der Waals surface area contributed by atoms with E-state index in [-0.39, 0.29) is 22.0 Å². The fourth-order valence-electron chi connectivity index (χ4n) is 1.04. The number of aromatic hydroxyl groups is 1. The number of aromatic nitrogens is 1. The van der Waals surface area contributed by atoms with Crippen LogP contribution in [0.1, 0.15) is 31.1 Å². The Morgan fingerprint density at radius 2 is 2.25 bits per heavy atom. The molecule has 0 aliphatic rings. The summed E-state index contributed by atoms with van der Waals surface area (Å²) in [4.78, 5) is 15.7. The highest BCUT2D eigenvalue weighted by Gasteiger charge is 2.26. The fourth-order valence-corrected chi connectivity index (χ4v) is 1.15. The maximum Gasteiger partial charge on any atom is 0.255 e. The molecule has 0 saturated carbocycles. The van der Waals surface area contributed by atoms with E-state index in [0.29, 0.717) is 0 Å². The smallest absolute Gasteiger partial charge is 0.255 e. The fraction of sp³-hybridized carbons (Fsp3) is 0.455. The molecule has 0 aromatic carbocycles. The van der Waals surface area contributed by atoms with Gasteiger partial charge in [0.1, 0.15) is 5.75 Å². The molecule has 1 rings (SSSR count). The first-order chi connectivity index (χ1) is 7.34. The van der Waals surface area contributed by atoms with Gasteiger partial charge in [0.15, 0.2) is 0 Å². The lowest BCUT2D eigenvalue weighted by atomic mass is 10.0. The predicted octanol–water partition coefficient (Wildman–Crippen LogP) is 2.08. The summed E-state index contributed by atoms with van der Waals surface area (Å²) in [7, 11) is 0. The summed E-state index contributed by atoms with van der Waals surface area (Å²) < 4.78 is 0. The Morgan fingerprint density at radius 3 is 2.75 bits per heavy atom. The molecule has 4 nitrogen and oxygen atoms in total. The minimum absolute atomic E-state index is 0.113. The van der Waals surface area contributed by atoms with Crippen molar-refractivity contribution in [2.24, 2.45) is 0 Å². The minimum Gasteiger partial charge on any atom is -0.505 e.